The van der Waals surface area contributed by atoms with E-state index >= 15 is 0 Å². The molecule has 0 aromatic carbocycles. The van der Waals surface area contributed by atoms with Crippen LogP contribution in [-0.2, 0) is 0 Å². The highest BCUT2D eigenvalue weighted by molar-refractivity contribution is 4.77. The lowest BCUT2D eigenvalue weighted by atomic mass is 10.00. The number of hydrogen-bond donors (Lipinski definition) is 1. The zero-order chi connectivity index (χ0) is 9.07. The Hall–Kier alpha value is -0.0800. The molecule has 0 unspecified atom stereocenters. The Morgan fingerprint density at radius 2 is 1.91 bits per heavy atom. The van der Waals surface area contributed by atoms with Crippen molar-refractivity contribution in [1.82, 2.24) is 4.90 Å². The summed E-state index contributed by atoms with van der Waals surface area (Å²) in [6, 6.07) is 0. The molecule has 0 amide bonds. The Morgan fingerprint density at radius 3 is 2.18 bits per heavy atom. The summed E-state index contributed by atoms with van der Waals surface area (Å²) in [6.07, 6.45) is 0.877. The van der Waals surface area contributed by atoms with Crippen molar-refractivity contribution >= 4 is 0 Å². The topological polar surface area (TPSA) is 23.5 Å². The Kier molecular flexibility index (Phi) is 4.04. The molecule has 0 heterocycles. The van der Waals surface area contributed by atoms with E-state index in [9.17, 15) is 0 Å². The third kappa shape index (κ3) is 3.73. The van der Waals surface area contributed by atoms with Gasteiger partial charge in [-0.2, -0.15) is 0 Å². The molecule has 0 rings (SSSR count). The summed E-state index contributed by atoms with van der Waals surface area (Å²) < 4.78 is 0. The number of aliphatic hydroxyl groups excluding tert-OH is 1. The van der Waals surface area contributed by atoms with Crippen LogP contribution >= 0.6 is 0 Å². The first-order valence-corrected chi connectivity index (χ1v) is 4.29. The molecular formula is C9H21NO. The van der Waals surface area contributed by atoms with Crippen molar-refractivity contribution in [2.45, 2.75) is 45.8 Å². The lowest BCUT2D eigenvalue weighted by Crippen LogP contribution is -2.43. The average molecular weight is 159 g/mol. The van der Waals surface area contributed by atoms with E-state index in [0.717, 1.165) is 13.0 Å². The van der Waals surface area contributed by atoms with Crippen LogP contribution in [0.5, 0.6) is 0 Å². The zero-order valence-electron chi connectivity index (χ0n) is 8.39. The van der Waals surface area contributed by atoms with Gasteiger partial charge >= 0.3 is 0 Å². The molecule has 0 aromatic heterocycles. The standard InChI is InChI=1S/C9H21NO/c1-6-9(3,4)10(5)7-8(2)11/h8,11H,6-7H2,1-5H3/t8-/m1/s1. The van der Waals surface area contributed by atoms with Crippen LogP contribution in [0.15, 0.2) is 0 Å². The smallest absolute Gasteiger partial charge is 0.0639 e. The maximum absolute atomic E-state index is 9.14. The molecule has 2 heteroatoms. The molecule has 0 aliphatic carbocycles. The second-order valence-electron chi connectivity index (χ2n) is 3.90. The van der Waals surface area contributed by atoms with Gasteiger partial charge in [-0.3, -0.25) is 4.90 Å². The van der Waals surface area contributed by atoms with Gasteiger partial charge in [0, 0.05) is 12.1 Å². The van der Waals surface area contributed by atoms with Crippen LogP contribution in [0.3, 0.4) is 0 Å². The minimum atomic E-state index is -0.231. The van der Waals surface area contributed by atoms with E-state index in [1.54, 1.807) is 0 Å². The summed E-state index contributed by atoms with van der Waals surface area (Å²) in [5.41, 5.74) is 0.205. The van der Waals surface area contributed by atoms with Crippen LogP contribution in [0.1, 0.15) is 34.1 Å². The molecule has 0 aliphatic heterocycles. The van der Waals surface area contributed by atoms with Crippen LogP contribution in [0.4, 0.5) is 0 Å². The third-order valence-corrected chi connectivity index (χ3v) is 2.44. The van der Waals surface area contributed by atoms with Crippen LogP contribution in [-0.4, -0.2) is 35.2 Å². The highest BCUT2D eigenvalue weighted by Crippen LogP contribution is 2.15. The lowest BCUT2D eigenvalue weighted by molar-refractivity contribution is 0.0781. The Labute approximate surface area is 70.2 Å². The number of nitrogens with zero attached hydrogens (tertiary/aromatic N) is 1. The van der Waals surface area contributed by atoms with Crippen molar-refractivity contribution in [3.05, 3.63) is 0 Å². The molecule has 11 heavy (non-hydrogen) atoms. The van der Waals surface area contributed by atoms with E-state index in [-0.39, 0.29) is 11.6 Å². The van der Waals surface area contributed by atoms with E-state index in [2.05, 4.69) is 32.7 Å². The van der Waals surface area contributed by atoms with Crippen LogP contribution in [0.25, 0.3) is 0 Å². The van der Waals surface area contributed by atoms with E-state index in [0.29, 0.717) is 0 Å². The maximum atomic E-state index is 9.14. The molecule has 0 bridgehead atoms. The van der Waals surface area contributed by atoms with E-state index in [1.807, 2.05) is 6.92 Å². The molecular weight excluding hydrogens is 138 g/mol. The molecule has 1 N–H and O–H groups in total. The van der Waals surface area contributed by atoms with Crippen molar-refractivity contribution < 1.29 is 5.11 Å². The molecule has 68 valence electrons. The van der Waals surface area contributed by atoms with Crippen molar-refractivity contribution in [3.8, 4) is 0 Å². The highest BCUT2D eigenvalue weighted by atomic mass is 16.3. The normalized spacial score (nSPS) is 15.5. The van der Waals surface area contributed by atoms with Gasteiger partial charge in [0.15, 0.2) is 0 Å². The lowest BCUT2D eigenvalue weighted by Gasteiger charge is -2.35. The summed E-state index contributed by atoms with van der Waals surface area (Å²) in [5, 5.41) is 9.14. The summed E-state index contributed by atoms with van der Waals surface area (Å²) in [5.74, 6) is 0. The first-order chi connectivity index (χ1) is 4.90. The number of hydrogen-bond acceptors (Lipinski definition) is 2. The fourth-order valence-electron chi connectivity index (χ4n) is 0.913. The number of rotatable bonds is 4. The predicted octanol–water partition coefficient (Wildman–Crippen LogP) is 1.49. The fourth-order valence-corrected chi connectivity index (χ4v) is 0.913. The Balaban J connectivity index is 3.90. The fraction of sp³-hybridized carbons (Fsp3) is 1.00. The molecule has 0 fully saturated rings. The largest absolute Gasteiger partial charge is 0.392 e. The van der Waals surface area contributed by atoms with Gasteiger partial charge in [0.25, 0.3) is 0 Å². The molecule has 0 aromatic rings. The zero-order valence-corrected chi connectivity index (χ0v) is 8.39. The number of likely N-dealkylation sites (N-methyl/N-ethyl adjacent to an activating group) is 1. The van der Waals surface area contributed by atoms with E-state index in [4.69, 9.17) is 5.11 Å². The van der Waals surface area contributed by atoms with E-state index in [1.165, 1.54) is 0 Å². The quantitative estimate of drug-likeness (QED) is 0.671. The molecule has 2 nitrogen and oxygen atoms in total. The minimum absolute atomic E-state index is 0.205. The molecule has 0 radical (unpaired) electrons. The SMILES string of the molecule is CCC(C)(C)N(C)C[C@@H](C)O. The van der Waals surface area contributed by atoms with Gasteiger partial charge in [-0.1, -0.05) is 6.92 Å². The molecule has 0 saturated carbocycles. The second-order valence-corrected chi connectivity index (χ2v) is 3.90. The van der Waals surface area contributed by atoms with Gasteiger partial charge < -0.3 is 5.11 Å². The third-order valence-electron chi connectivity index (χ3n) is 2.44. The van der Waals surface area contributed by atoms with Crippen molar-refractivity contribution in [1.29, 1.82) is 0 Å². The number of β-amino-alcohol motifs (C(OH)–C–C–N with tert-alkyl or cyclic N) is 1. The van der Waals surface area contributed by atoms with Gasteiger partial charge in [-0.15, -0.1) is 0 Å². The van der Waals surface area contributed by atoms with Gasteiger partial charge in [0.05, 0.1) is 6.10 Å². The molecule has 0 aliphatic rings. The molecule has 0 spiro atoms. The van der Waals surface area contributed by atoms with Gasteiger partial charge in [-0.05, 0) is 34.2 Å². The monoisotopic (exact) mass is 159 g/mol. The van der Waals surface area contributed by atoms with Crippen LogP contribution in [0.2, 0.25) is 0 Å². The molecule has 0 saturated heterocycles. The summed E-state index contributed by atoms with van der Waals surface area (Å²) in [7, 11) is 2.05. The van der Waals surface area contributed by atoms with Crippen molar-refractivity contribution in [2.24, 2.45) is 0 Å². The average Bonchev–Trinajstić information content (AvgIpc) is 1.86. The van der Waals surface area contributed by atoms with Crippen LogP contribution in [0, 0.1) is 0 Å². The van der Waals surface area contributed by atoms with E-state index < -0.39 is 0 Å². The predicted molar refractivity (Wildman–Crippen MR) is 48.7 cm³/mol. The van der Waals surface area contributed by atoms with Crippen molar-refractivity contribution in [3.63, 3.8) is 0 Å². The first kappa shape index (κ1) is 10.9. The summed E-state index contributed by atoms with van der Waals surface area (Å²) in [6.45, 7) is 9.12. The van der Waals surface area contributed by atoms with Gasteiger partial charge in [0.2, 0.25) is 0 Å². The molecule has 1 atom stereocenters. The number of aliphatic hydroxyl groups is 1. The minimum Gasteiger partial charge on any atom is -0.392 e. The summed E-state index contributed by atoms with van der Waals surface area (Å²) >= 11 is 0. The highest BCUT2D eigenvalue weighted by Gasteiger charge is 2.21. The van der Waals surface area contributed by atoms with Gasteiger partial charge in [-0.25, -0.2) is 0 Å². The maximum Gasteiger partial charge on any atom is 0.0639 e. The Bertz CT molecular complexity index is 110. The second kappa shape index (κ2) is 4.07. The first-order valence-electron chi connectivity index (χ1n) is 4.29. The van der Waals surface area contributed by atoms with Gasteiger partial charge in [0.1, 0.15) is 0 Å². The van der Waals surface area contributed by atoms with Crippen LogP contribution < -0.4 is 0 Å². The summed E-state index contributed by atoms with van der Waals surface area (Å²) in [4.78, 5) is 2.19. The Morgan fingerprint density at radius 1 is 1.45 bits per heavy atom. The van der Waals surface area contributed by atoms with Crippen molar-refractivity contribution in [2.75, 3.05) is 13.6 Å².